The Bertz CT molecular complexity index is 229. The molecule has 100 valence electrons. The Morgan fingerprint density at radius 2 is 1.71 bits per heavy atom. The topological polar surface area (TPSA) is 29.3 Å². The van der Waals surface area contributed by atoms with Crippen molar-refractivity contribution in [2.75, 3.05) is 13.1 Å². The van der Waals surface area contributed by atoms with E-state index in [4.69, 9.17) is 5.73 Å². The molecule has 0 aromatic carbocycles. The van der Waals surface area contributed by atoms with Crippen molar-refractivity contribution in [2.24, 2.45) is 11.7 Å². The van der Waals surface area contributed by atoms with Crippen LogP contribution in [0.5, 0.6) is 0 Å². The first-order chi connectivity index (χ1) is 8.13. The highest BCUT2D eigenvalue weighted by atomic mass is 15.2. The highest BCUT2D eigenvalue weighted by molar-refractivity contribution is 4.93. The lowest BCUT2D eigenvalue weighted by molar-refractivity contribution is 0.00327. The minimum Gasteiger partial charge on any atom is -0.330 e. The van der Waals surface area contributed by atoms with E-state index >= 15 is 0 Å². The summed E-state index contributed by atoms with van der Waals surface area (Å²) in [5.41, 5.74) is 6.29. The second kappa shape index (κ2) is 5.71. The van der Waals surface area contributed by atoms with E-state index < -0.39 is 0 Å². The number of nitrogens with two attached hydrogens (primary N) is 1. The molecule has 17 heavy (non-hydrogen) atoms. The van der Waals surface area contributed by atoms with E-state index in [0.29, 0.717) is 5.54 Å². The Morgan fingerprint density at radius 3 is 2.29 bits per heavy atom. The maximum atomic E-state index is 5.89. The van der Waals surface area contributed by atoms with Crippen LogP contribution >= 0.6 is 0 Å². The van der Waals surface area contributed by atoms with Gasteiger partial charge in [0.1, 0.15) is 0 Å². The molecule has 0 aromatic heterocycles. The first-order valence-electron chi connectivity index (χ1n) is 7.60. The molecule has 0 aromatic rings. The predicted molar refractivity (Wildman–Crippen MR) is 74.1 cm³/mol. The van der Waals surface area contributed by atoms with Crippen LogP contribution in [-0.4, -0.2) is 29.6 Å². The summed E-state index contributed by atoms with van der Waals surface area (Å²) in [4.78, 5) is 2.80. The minimum atomic E-state index is 0.403. The molecule has 0 bridgehead atoms. The fraction of sp³-hybridized carbons (Fsp3) is 1.00. The molecule has 1 aliphatic heterocycles. The number of nitrogens with zero attached hydrogens (tertiary/aromatic N) is 1. The van der Waals surface area contributed by atoms with Crippen LogP contribution in [0.2, 0.25) is 0 Å². The average Bonchev–Trinajstić information content (AvgIpc) is 2.57. The van der Waals surface area contributed by atoms with Crippen LogP contribution in [-0.2, 0) is 0 Å². The summed E-state index contributed by atoms with van der Waals surface area (Å²) >= 11 is 0. The Kier molecular flexibility index (Phi) is 4.48. The average molecular weight is 238 g/mol. The molecule has 2 fully saturated rings. The third-order valence-corrected chi connectivity index (χ3v) is 5.00. The van der Waals surface area contributed by atoms with Crippen molar-refractivity contribution in [3.8, 4) is 0 Å². The van der Waals surface area contributed by atoms with E-state index in [0.717, 1.165) is 18.5 Å². The van der Waals surface area contributed by atoms with Crippen molar-refractivity contribution in [3.63, 3.8) is 0 Å². The second-order valence-electron chi connectivity index (χ2n) is 6.75. The Labute approximate surface area is 107 Å². The smallest absolute Gasteiger partial charge is 0.0156 e. The molecule has 1 saturated carbocycles. The Morgan fingerprint density at radius 1 is 1.06 bits per heavy atom. The number of rotatable bonds is 2. The summed E-state index contributed by atoms with van der Waals surface area (Å²) in [5, 5.41) is 0. The number of hydrogen-bond acceptors (Lipinski definition) is 2. The van der Waals surface area contributed by atoms with Gasteiger partial charge in [0.15, 0.2) is 0 Å². The van der Waals surface area contributed by atoms with Gasteiger partial charge in [0.05, 0.1) is 0 Å². The number of piperidine rings is 1. The van der Waals surface area contributed by atoms with Crippen LogP contribution in [0.1, 0.15) is 65.2 Å². The van der Waals surface area contributed by atoms with Crippen LogP contribution < -0.4 is 5.73 Å². The Balaban J connectivity index is 2.03. The van der Waals surface area contributed by atoms with Crippen LogP contribution in [0, 0.1) is 5.92 Å². The fourth-order valence-corrected chi connectivity index (χ4v) is 3.72. The molecule has 2 N–H and O–H groups in total. The molecule has 1 aliphatic carbocycles. The molecule has 1 heterocycles. The molecule has 0 amide bonds. The molecule has 2 aliphatic rings. The molecule has 0 radical (unpaired) electrons. The molecule has 1 atom stereocenters. The van der Waals surface area contributed by atoms with Gasteiger partial charge in [0.25, 0.3) is 0 Å². The first-order valence-corrected chi connectivity index (χ1v) is 7.60. The summed E-state index contributed by atoms with van der Waals surface area (Å²) in [6.07, 6.45) is 11.3. The van der Waals surface area contributed by atoms with Crippen molar-refractivity contribution >= 4 is 0 Å². The second-order valence-corrected chi connectivity index (χ2v) is 6.75. The molecular weight excluding hydrogens is 208 g/mol. The third kappa shape index (κ3) is 3.23. The highest BCUT2D eigenvalue weighted by Crippen LogP contribution is 2.35. The van der Waals surface area contributed by atoms with Gasteiger partial charge in [-0.25, -0.2) is 0 Å². The van der Waals surface area contributed by atoms with E-state index in [2.05, 4.69) is 18.7 Å². The summed E-state index contributed by atoms with van der Waals surface area (Å²) in [6.45, 7) is 6.99. The zero-order valence-electron chi connectivity index (χ0n) is 11.8. The van der Waals surface area contributed by atoms with Gasteiger partial charge in [-0.3, -0.25) is 4.90 Å². The zero-order chi connectivity index (χ0) is 12.3. The molecular formula is C15H30N2. The largest absolute Gasteiger partial charge is 0.330 e. The van der Waals surface area contributed by atoms with Crippen LogP contribution in [0.3, 0.4) is 0 Å². The molecule has 1 unspecified atom stereocenters. The van der Waals surface area contributed by atoms with Gasteiger partial charge in [0.2, 0.25) is 0 Å². The van der Waals surface area contributed by atoms with Gasteiger partial charge in [0, 0.05) is 18.1 Å². The van der Waals surface area contributed by atoms with Crippen LogP contribution in [0.15, 0.2) is 0 Å². The lowest BCUT2D eigenvalue weighted by atomic mass is 9.82. The normalized spacial score (nSPS) is 32.3. The monoisotopic (exact) mass is 238 g/mol. The van der Waals surface area contributed by atoms with Gasteiger partial charge in [-0.05, 0) is 52.0 Å². The van der Waals surface area contributed by atoms with Gasteiger partial charge in [-0.15, -0.1) is 0 Å². The maximum Gasteiger partial charge on any atom is 0.0156 e. The third-order valence-electron chi connectivity index (χ3n) is 5.00. The summed E-state index contributed by atoms with van der Waals surface area (Å²) < 4.78 is 0. The molecule has 2 rings (SSSR count). The number of likely N-dealkylation sites (tertiary alicyclic amines) is 1. The fourth-order valence-electron chi connectivity index (χ4n) is 3.72. The molecule has 0 spiro atoms. The van der Waals surface area contributed by atoms with Gasteiger partial charge in [-0.1, -0.05) is 25.7 Å². The van der Waals surface area contributed by atoms with Crippen molar-refractivity contribution < 1.29 is 0 Å². The lowest BCUT2D eigenvalue weighted by Crippen LogP contribution is -2.55. The van der Waals surface area contributed by atoms with Gasteiger partial charge < -0.3 is 5.73 Å². The van der Waals surface area contributed by atoms with E-state index in [1.165, 1.54) is 57.9 Å². The quantitative estimate of drug-likeness (QED) is 0.749. The van der Waals surface area contributed by atoms with E-state index in [-0.39, 0.29) is 0 Å². The van der Waals surface area contributed by atoms with Crippen molar-refractivity contribution in [2.45, 2.75) is 76.8 Å². The van der Waals surface area contributed by atoms with Crippen molar-refractivity contribution in [3.05, 3.63) is 0 Å². The maximum absolute atomic E-state index is 5.89. The van der Waals surface area contributed by atoms with Crippen molar-refractivity contribution in [1.82, 2.24) is 4.90 Å². The summed E-state index contributed by atoms with van der Waals surface area (Å²) in [7, 11) is 0. The molecule has 2 nitrogen and oxygen atoms in total. The van der Waals surface area contributed by atoms with Gasteiger partial charge in [-0.2, -0.15) is 0 Å². The highest BCUT2D eigenvalue weighted by Gasteiger charge is 2.37. The minimum absolute atomic E-state index is 0.403. The summed E-state index contributed by atoms with van der Waals surface area (Å²) in [5.74, 6) is 0.742. The molecule has 2 heteroatoms. The first kappa shape index (κ1) is 13.4. The van der Waals surface area contributed by atoms with Gasteiger partial charge >= 0.3 is 0 Å². The van der Waals surface area contributed by atoms with Crippen molar-refractivity contribution in [1.29, 1.82) is 0 Å². The predicted octanol–water partition coefficient (Wildman–Crippen LogP) is 3.16. The number of hydrogen-bond donors (Lipinski definition) is 1. The van der Waals surface area contributed by atoms with E-state index in [1.807, 2.05) is 0 Å². The lowest BCUT2D eigenvalue weighted by Gasteiger charge is -2.49. The summed E-state index contributed by atoms with van der Waals surface area (Å²) in [6, 6.07) is 0.835. The SMILES string of the molecule is CC1(C)CCC(CN)CN1C1CCCCCC1. The standard InChI is InChI=1S/C15H30N2/c1-15(2)10-9-13(11-16)12-17(15)14-7-5-3-4-6-8-14/h13-14H,3-12,16H2,1-2H3. The molecule has 1 saturated heterocycles. The zero-order valence-corrected chi connectivity index (χ0v) is 11.8. The Hall–Kier alpha value is -0.0800. The van der Waals surface area contributed by atoms with E-state index in [1.54, 1.807) is 0 Å². The van der Waals surface area contributed by atoms with Crippen LogP contribution in [0.25, 0.3) is 0 Å². The van der Waals surface area contributed by atoms with E-state index in [9.17, 15) is 0 Å². The van der Waals surface area contributed by atoms with Crippen LogP contribution in [0.4, 0.5) is 0 Å².